The molecule has 0 aliphatic heterocycles. The third-order valence-electron chi connectivity index (χ3n) is 3.06. The van der Waals surface area contributed by atoms with E-state index in [0.29, 0.717) is 29.7 Å². The summed E-state index contributed by atoms with van der Waals surface area (Å²) in [6, 6.07) is 8.60. The Kier molecular flexibility index (Phi) is 4.76. The van der Waals surface area contributed by atoms with E-state index >= 15 is 0 Å². The van der Waals surface area contributed by atoms with E-state index in [-0.39, 0.29) is 6.03 Å². The van der Waals surface area contributed by atoms with Gasteiger partial charge in [-0.05, 0) is 49.6 Å². The Morgan fingerprint density at radius 2 is 2.04 bits per heavy atom. The van der Waals surface area contributed by atoms with Crippen LogP contribution in [0, 0.1) is 6.92 Å². The molecule has 0 bridgehead atoms. The van der Waals surface area contributed by atoms with Crippen molar-refractivity contribution in [2.75, 3.05) is 17.2 Å². The van der Waals surface area contributed by atoms with Crippen molar-refractivity contribution in [2.24, 2.45) is 0 Å². The smallest absolute Gasteiger partial charge is 0.323 e. The second-order valence-electron chi connectivity index (χ2n) is 4.85. The molecule has 2 aromatic heterocycles. The lowest BCUT2D eigenvalue weighted by atomic mass is 10.3. The molecule has 0 unspecified atom stereocenters. The molecule has 0 aliphatic carbocycles. The lowest BCUT2D eigenvalue weighted by molar-refractivity contribution is 0.262. The van der Waals surface area contributed by atoms with Crippen molar-refractivity contribution in [1.82, 2.24) is 10.1 Å². The van der Waals surface area contributed by atoms with Crippen LogP contribution in [0.25, 0.3) is 10.8 Å². The number of hydrogen-bond donors (Lipinski definition) is 2. The largest absolute Gasteiger partial charge is 0.494 e. The number of rotatable bonds is 5. The van der Waals surface area contributed by atoms with Crippen molar-refractivity contribution >= 4 is 28.7 Å². The number of carbonyl (C=O) groups is 1. The number of amides is 2. The van der Waals surface area contributed by atoms with Crippen LogP contribution >= 0.6 is 11.3 Å². The van der Waals surface area contributed by atoms with E-state index < -0.39 is 0 Å². The molecule has 3 rings (SSSR count). The van der Waals surface area contributed by atoms with E-state index in [9.17, 15) is 4.79 Å². The van der Waals surface area contributed by atoms with Gasteiger partial charge < -0.3 is 19.9 Å². The summed E-state index contributed by atoms with van der Waals surface area (Å²) in [5.41, 5.74) is 1.29. The Morgan fingerprint density at radius 1 is 1.25 bits per heavy atom. The van der Waals surface area contributed by atoms with Crippen LogP contribution in [0.5, 0.6) is 5.75 Å². The molecule has 0 aliphatic rings. The Balaban J connectivity index is 1.66. The highest BCUT2D eigenvalue weighted by molar-refractivity contribution is 7.14. The average molecular weight is 344 g/mol. The Labute approximate surface area is 142 Å². The summed E-state index contributed by atoms with van der Waals surface area (Å²) >= 11 is 1.42. The van der Waals surface area contributed by atoms with Gasteiger partial charge in [0.2, 0.25) is 0 Å². The fraction of sp³-hybridized carbons (Fsp3) is 0.188. The second kappa shape index (κ2) is 7.14. The highest BCUT2D eigenvalue weighted by atomic mass is 32.1. The Morgan fingerprint density at radius 3 is 2.71 bits per heavy atom. The van der Waals surface area contributed by atoms with E-state index in [4.69, 9.17) is 9.26 Å². The molecule has 2 amide bonds. The molecular formula is C16H16N4O3S. The van der Waals surface area contributed by atoms with Crippen LogP contribution < -0.4 is 15.4 Å². The summed E-state index contributed by atoms with van der Waals surface area (Å²) in [6.45, 7) is 4.26. The van der Waals surface area contributed by atoms with Gasteiger partial charge in [0.1, 0.15) is 10.6 Å². The van der Waals surface area contributed by atoms with E-state index in [0.717, 1.165) is 10.6 Å². The van der Waals surface area contributed by atoms with Crippen molar-refractivity contribution in [3.63, 3.8) is 0 Å². The zero-order valence-electron chi connectivity index (χ0n) is 13.2. The summed E-state index contributed by atoms with van der Waals surface area (Å²) in [4.78, 5) is 17.1. The molecule has 0 saturated heterocycles. The van der Waals surface area contributed by atoms with E-state index in [1.165, 1.54) is 11.3 Å². The van der Waals surface area contributed by atoms with Gasteiger partial charge in [0.15, 0.2) is 5.82 Å². The maximum Gasteiger partial charge on any atom is 0.323 e. The molecule has 0 radical (unpaired) electrons. The second-order valence-corrected chi connectivity index (χ2v) is 5.76. The standard InChI is InChI=1S/C16H16N4O3S/c1-3-22-12-6-4-11(5-7-12)18-16(21)19-13-8-9-24-14(13)15-17-10(2)20-23-15/h4-9H,3H2,1-2H3,(H2,18,19,21). The number of hydrogen-bond acceptors (Lipinski definition) is 6. The third-order valence-corrected chi connectivity index (χ3v) is 3.96. The first-order chi connectivity index (χ1) is 11.7. The lowest BCUT2D eigenvalue weighted by Crippen LogP contribution is -2.19. The van der Waals surface area contributed by atoms with Gasteiger partial charge in [-0.2, -0.15) is 4.98 Å². The fourth-order valence-electron chi connectivity index (χ4n) is 2.05. The maximum absolute atomic E-state index is 12.2. The van der Waals surface area contributed by atoms with Gasteiger partial charge in [-0.25, -0.2) is 4.79 Å². The molecule has 124 valence electrons. The normalized spacial score (nSPS) is 10.4. The summed E-state index contributed by atoms with van der Waals surface area (Å²) < 4.78 is 10.5. The fourth-order valence-corrected chi connectivity index (χ4v) is 2.82. The summed E-state index contributed by atoms with van der Waals surface area (Å²) in [7, 11) is 0. The number of nitrogens with one attached hydrogen (secondary N) is 2. The molecule has 8 heteroatoms. The molecule has 24 heavy (non-hydrogen) atoms. The molecule has 0 fully saturated rings. The molecule has 2 N–H and O–H groups in total. The zero-order valence-corrected chi connectivity index (χ0v) is 14.0. The third kappa shape index (κ3) is 3.72. The van der Waals surface area contributed by atoms with Gasteiger partial charge >= 0.3 is 6.03 Å². The number of ether oxygens (including phenoxy) is 1. The predicted molar refractivity (Wildman–Crippen MR) is 92.6 cm³/mol. The van der Waals surface area contributed by atoms with E-state index in [1.807, 2.05) is 12.3 Å². The van der Waals surface area contributed by atoms with Crippen molar-refractivity contribution in [3.8, 4) is 16.5 Å². The van der Waals surface area contributed by atoms with Crippen molar-refractivity contribution in [3.05, 3.63) is 41.5 Å². The number of nitrogens with zero attached hydrogens (tertiary/aromatic N) is 2. The first-order valence-electron chi connectivity index (χ1n) is 7.34. The SMILES string of the molecule is CCOc1ccc(NC(=O)Nc2ccsc2-c2nc(C)no2)cc1. The number of urea groups is 1. The molecule has 7 nitrogen and oxygen atoms in total. The van der Waals surface area contributed by atoms with Crippen LogP contribution in [-0.4, -0.2) is 22.8 Å². The maximum atomic E-state index is 12.2. The Bertz CT molecular complexity index is 826. The lowest BCUT2D eigenvalue weighted by Gasteiger charge is -2.08. The van der Waals surface area contributed by atoms with Gasteiger partial charge in [-0.1, -0.05) is 5.16 Å². The zero-order chi connectivity index (χ0) is 16.9. The van der Waals surface area contributed by atoms with Crippen molar-refractivity contribution < 1.29 is 14.1 Å². The number of aromatic nitrogens is 2. The van der Waals surface area contributed by atoms with Crippen LogP contribution in [0.15, 0.2) is 40.2 Å². The first-order valence-corrected chi connectivity index (χ1v) is 8.22. The number of aryl methyl sites for hydroxylation is 1. The minimum Gasteiger partial charge on any atom is -0.494 e. The number of carbonyl (C=O) groups excluding carboxylic acids is 1. The van der Waals surface area contributed by atoms with Gasteiger partial charge in [0.25, 0.3) is 5.89 Å². The summed E-state index contributed by atoms with van der Waals surface area (Å²) in [5, 5.41) is 11.2. The molecule has 1 aromatic carbocycles. The minimum absolute atomic E-state index is 0.352. The minimum atomic E-state index is -0.352. The predicted octanol–water partition coefficient (Wildman–Crippen LogP) is 4.15. The Hall–Kier alpha value is -2.87. The first kappa shape index (κ1) is 16.0. The number of benzene rings is 1. The van der Waals surface area contributed by atoms with E-state index in [2.05, 4.69) is 20.8 Å². The summed E-state index contributed by atoms with van der Waals surface area (Å²) in [6.07, 6.45) is 0. The monoisotopic (exact) mass is 344 g/mol. The van der Waals surface area contributed by atoms with Crippen LogP contribution in [0.3, 0.4) is 0 Å². The topological polar surface area (TPSA) is 89.3 Å². The van der Waals surface area contributed by atoms with Gasteiger partial charge in [0.05, 0.1) is 12.3 Å². The van der Waals surface area contributed by atoms with Gasteiger partial charge in [0, 0.05) is 5.69 Å². The van der Waals surface area contributed by atoms with Crippen LogP contribution in [0.4, 0.5) is 16.2 Å². The highest BCUT2D eigenvalue weighted by Crippen LogP contribution is 2.32. The van der Waals surface area contributed by atoms with E-state index in [1.54, 1.807) is 37.3 Å². The highest BCUT2D eigenvalue weighted by Gasteiger charge is 2.15. The van der Waals surface area contributed by atoms with Gasteiger partial charge in [-0.15, -0.1) is 11.3 Å². The van der Waals surface area contributed by atoms with Crippen LogP contribution in [0.2, 0.25) is 0 Å². The van der Waals surface area contributed by atoms with Crippen LogP contribution in [0.1, 0.15) is 12.7 Å². The summed E-state index contributed by atoms with van der Waals surface area (Å²) in [5.74, 6) is 1.69. The van der Waals surface area contributed by atoms with Crippen molar-refractivity contribution in [2.45, 2.75) is 13.8 Å². The quantitative estimate of drug-likeness (QED) is 0.726. The van der Waals surface area contributed by atoms with Crippen LogP contribution in [-0.2, 0) is 0 Å². The molecule has 0 saturated carbocycles. The number of anilines is 2. The molecule has 3 aromatic rings. The molecule has 2 heterocycles. The average Bonchev–Trinajstić information content (AvgIpc) is 3.18. The van der Waals surface area contributed by atoms with Gasteiger partial charge in [-0.3, -0.25) is 0 Å². The van der Waals surface area contributed by atoms with Crippen molar-refractivity contribution in [1.29, 1.82) is 0 Å². The molecule has 0 spiro atoms. The molecule has 0 atom stereocenters. The number of thiophene rings is 1. The molecular weight excluding hydrogens is 328 g/mol.